The lowest BCUT2D eigenvalue weighted by Gasteiger charge is -2.34. The van der Waals surface area contributed by atoms with Crippen molar-refractivity contribution in [3.8, 4) is 5.75 Å². The van der Waals surface area contributed by atoms with Crippen LogP contribution in [0.15, 0.2) is 18.2 Å². The Bertz CT molecular complexity index is 537. The first-order valence-corrected chi connectivity index (χ1v) is 8.42. The summed E-state index contributed by atoms with van der Waals surface area (Å²) >= 11 is 5.99. The first kappa shape index (κ1) is 17.9. The summed E-state index contributed by atoms with van der Waals surface area (Å²) < 4.78 is 5.27. The van der Waals surface area contributed by atoms with E-state index in [1.165, 1.54) is 0 Å². The molecule has 5 nitrogen and oxygen atoms in total. The molecule has 1 aromatic carbocycles. The van der Waals surface area contributed by atoms with E-state index >= 15 is 0 Å². The molecule has 2 rings (SSSR count). The van der Waals surface area contributed by atoms with Crippen LogP contribution in [0.1, 0.15) is 26.2 Å². The molecule has 1 aliphatic rings. The Morgan fingerprint density at radius 3 is 3.04 bits per heavy atom. The minimum Gasteiger partial charge on any atom is -0.495 e. The van der Waals surface area contributed by atoms with Crippen LogP contribution in [0.25, 0.3) is 0 Å². The van der Waals surface area contributed by atoms with Gasteiger partial charge in [0.05, 0.1) is 18.9 Å². The Morgan fingerprint density at radius 1 is 1.57 bits per heavy atom. The normalized spacial score (nSPS) is 19.3. The number of benzene rings is 1. The molecule has 1 heterocycles. The van der Waals surface area contributed by atoms with Gasteiger partial charge in [-0.1, -0.05) is 11.6 Å². The Labute approximate surface area is 142 Å². The predicted octanol–water partition coefficient (Wildman–Crippen LogP) is 2.77. The van der Waals surface area contributed by atoms with Crippen LogP contribution in [0.3, 0.4) is 0 Å². The molecule has 23 heavy (non-hydrogen) atoms. The van der Waals surface area contributed by atoms with Crippen LogP contribution in [0.2, 0.25) is 5.02 Å². The second-order valence-corrected chi connectivity index (χ2v) is 6.44. The number of piperidine rings is 1. The number of nitrogens with zero attached hydrogens (tertiary/aromatic N) is 1. The molecule has 6 heteroatoms. The standard InChI is InChI=1S/C17H25ClN2O3/c1-12(21)13-4-3-9-20(11-13)17(22)7-8-19-15-10-14(18)5-6-16(15)23-2/h5-6,10,12-13,19,21H,3-4,7-9,11H2,1-2H3. The number of hydrogen-bond acceptors (Lipinski definition) is 4. The number of carbonyl (C=O) groups excluding carboxylic acids is 1. The van der Waals surface area contributed by atoms with Crippen molar-refractivity contribution >= 4 is 23.2 Å². The van der Waals surface area contributed by atoms with Gasteiger partial charge in [0.1, 0.15) is 5.75 Å². The Kier molecular flexibility index (Phi) is 6.54. The molecule has 1 saturated heterocycles. The zero-order valence-corrected chi connectivity index (χ0v) is 14.5. The molecule has 0 aliphatic carbocycles. The highest BCUT2D eigenvalue weighted by Crippen LogP contribution is 2.27. The van der Waals surface area contributed by atoms with Gasteiger partial charge in [0.15, 0.2) is 0 Å². The van der Waals surface area contributed by atoms with Crippen LogP contribution in [0, 0.1) is 5.92 Å². The van der Waals surface area contributed by atoms with Gasteiger partial charge in [-0.3, -0.25) is 4.79 Å². The number of halogens is 1. The van der Waals surface area contributed by atoms with Crippen LogP contribution in [-0.4, -0.2) is 48.8 Å². The average molecular weight is 341 g/mol. The molecule has 0 saturated carbocycles. The summed E-state index contributed by atoms with van der Waals surface area (Å²) in [6.07, 6.45) is 1.98. The first-order chi connectivity index (χ1) is 11.0. The number of hydrogen-bond donors (Lipinski definition) is 2. The quantitative estimate of drug-likeness (QED) is 0.836. The van der Waals surface area contributed by atoms with Crippen LogP contribution in [0.5, 0.6) is 5.75 Å². The van der Waals surface area contributed by atoms with Crippen molar-refractivity contribution in [2.75, 3.05) is 32.1 Å². The van der Waals surface area contributed by atoms with Gasteiger partial charge in [-0.2, -0.15) is 0 Å². The Balaban J connectivity index is 1.84. The number of anilines is 1. The first-order valence-electron chi connectivity index (χ1n) is 8.04. The zero-order chi connectivity index (χ0) is 16.8. The maximum Gasteiger partial charge on any atom is 0.224 e. The van der Waals surface area contributed by atoms with Crippen LogP contribution < -0.4 is 10.1 Å². The fourth-order valence-corrected chi connectivity index (χ4v) is 3.08. The predicted molar refractivity (Wildman–Crippen MR) is 92.1 cm³/mol. The Morgan fingerprint density at radius 2 is 2.35 bits per heavy atom. The van der Waals surface area contributed by atoms with Gasteiger partial charge in [0.25, 0.3) is 0 Å². The SMILES string of the molecule is COc1ccc(Cl)cc1NCCC(=O)N1CCCC(C(C)O)C1. The molecule has 0 spiro atoms. The lowest BCUT2D eigenvalue weighted by atomic mass is 9.93. The molecule has 2 unspecified atom stereocenters. The van der Waals surface area contributed by atoms with Gasteiger partial charge in [-0.25, -0.2) is 0 Å². The molecule has 0 radical (unpaired) electrons. The largest absolute Gasteiger partial charge is 0.495 e. The van der Waals surface area contributed by atoms with Crippen molar-refractivity contribution in [1.82, 2.24) is 4.90 Å². The van der Waals surface area contributed by atoms with Crippen molar-refractivity contribution < 1.29 is 14.6 Å². The molecule has 1 aliphatic heterocycles. The molecule has 0 aromatic heterocycles. The molecule has 1 fully saturated rings. The third-order valence-corrected chi connectivity index (χ3v) is 4.54. The van der Waals surface area contributed by atoms with Crippen molar-refractivity contribution in [2.45, 2.75) is 32.3 Å². The number of rotatable bonds is 6. The second-order valence-electron chi connectivity index (χ2n) is 6.00. The number of methoxy groups -OCH3 is 1. The van der Waals surface area contributed by atoms with E-state index in [0.717, 1.165) is 25.1 Å². The summed E-state index contributed by atoms with van der Waals surface area (Å²) in [5.41, 5.74) is 0.785. The molecule has 2 atom stereocenters. The zero-order valence-electron chi connectivity index (χ0n) is 13.7. The fourth-order valence-electron chi connectivity index (χ4n) is 2.91. The molecule has 1 amide bonds. The third kappa shape index (κ3) is 5.01. The molecular formula is C17H25ClN2O3. The molecule has 2 N–H and O–H groups in total. The van der Waals surface area contributed by atoms with Gasteiger partial charge in [0, 0.05) is 37.0 Å². The van der Waals surface area contributed by atoms with E-state index < -0.39 is 0 Å². The number of nitrogens with one attached hydrogen (secondary N) is 1. The topological polar surface area (TPSA) is 61.8 Å². The highest BCUT2D eigenvalue weighted by atomic mass is 35.5. The number of carbonyl (C=O) groups is 1. The smallest absolute Gasteiger partial charge is 0.224 e. The van der Waals surface area contributed by atoms with E-state index in [0.29, 0.717) is 30.3 Å². The van der Waals surface area contributed by atoms with Gasteiger partial charge in [0.2, 0.25) is 5.91 Å². The van der Waals surface area contributed by atoms with E-state index in [1.54, 1.807) is 32.2 Å². The van der Waals surface area contributed by atoms with E-state index in [-0.39, 0.29) is 17.9 Å². The van der Waals surface area contributed by atoms with Gasteiger partial charge in [-0.05, 0) is 38.0 Å². The number of aliphatic hydroxyl groups excluding tert-OH is 1. The average Bonchev–Trinajstić information content (AvgIpc) is 2.55. The summed E-state index contributed by atoms with van der Waals surface area (Å²) in [6, 6.07) is 5.35. The summed E-state index contributed by atoms with van der Waals surface area (Å²) in [5, 5.41) is 13.5. The maximum atomic E-state index is 12.3. The van der Waals surface area contributed by atoms with Crippen LogP contribution in [0.4, 0.5) is 5.69 Å². The Hall–Kier alpha value is -1.46. The number of ether oxygens (including phenoxy) is 1. The number of amides is 1. The van der Waals surface area contributed by atoms with E-state index in [9.17, 15) is 9.90 Å². The summed E-state index contributed by atoms with van der Waals surface area (Å²) in [5.74, 6) is 1.01. The van der Waals surface area contributed by atoms with Crippen molar-refractivity contribution in [1.29, 1.82) is 0 Å². The van der Waals surface area contributed by atoms with Crippen LogP contribution in [-0.2, 0) is 4.79 Å². The molecular weight excluding hydrogens is 316 g/mol. The molecule has 0 bridgehead atoms. The summed E-state index contributed by atoms with van der Waals surface area (Å²) in [6.45, 7) is 3.75. The van der Waals surface area contributed by atoms with Gasteiger partial charge < -0.3 is 20.1 Å². The van der Waals surface area contributed by atoms with Gasteiger partial charge >= 0.3 is 0 Å². The summed E-state index contributed by atoms with van der Waals surface area (Å²) in [7, 11) is 1.60. The highest BCUT2D eigenvalue weighted by Gasteiger charge is 2.26. The molecule has 128 valence electrons. The minimum absolute atomic E-state index is 0.115. The maximum absolute atomic E-state index is 12.3. The second kappa shape index (κ2) is 8.41. The van der Waals surface area contributed by atoms with Crippen molar-refractivity contribution in [2.24, 2.45) is 5.92 Å². The molecule has 1 aromatic rings. The van der Waals surface area contributed by atoms with E-state index in [4.69, 9.17) is 16.3 Å². The van der Waals surface area contributed by atoms with E-state index in [2.05, 4.69) is 5.32 Å². The number of likely N-dealkylation sites (tertiary alicyclic amines) is 1. The van der Waals surface area contributed by atoms with Crippen molar-refractivity contribution in [3.05, 3.63) is 23.2 Å². The minimum atomic E-state index is -0.362. The van der Waals surface area contributed by atoms with Crippen molar-refractivity contribution in [3.63, 3.8) is 0 Å². The van der Waals surface area contributed by atoms with Gasteiger partial charge in [-0.15, -0.1) is 0 Å². The fraction of sp³-hybridized carbons (Fsp3) is 0.588. The third-order valence-electron chi connectivity index (χ3n) is 4.31. The number of aliphatic hydroxyl groups is 1. The lowest BCUT2D eigenvalue weighted by Crippen LogP contribution is -2.43. The van der Waals surface area contributed by atoms with E-state index in [1.807, 2.05) is 4.90 Å². The summed E-state index contributed by atoms with van der Waals surface area (Å²) in [4.78, 5) is 14.2. The highest BCUT2D eigenvalue weighted by molar-refractivity contribution is 6.30. The monoisotopic (exact) mass is 340 g/mol. The van der Waals surface area contributed by atoms with Crippen LogP contribution >= 0.6 is 11.6 Å². The lowest BCUT2D eigenvalue weighted by molar-refractivity contribution is -0.133.